The van der Waals surface area contributed by atoms with Crippen molar-refractivity contribution in [2.75, 3.05) is 13.2 Å². The molecule has 5 rings (SSSR count). The molecule has 2 heterocycles. The van der Waals surface area contributed by atoms with Crippen molar-refractivity contribution >= 4 is 19.3 Å². The Labute approximate surface area is 218 Å². The summed E-state index contributed by atoms with van der Waals surface area (Å²) in [5.74, 6) is -0.00109. The fraction of sp³-hybridized carbons (Fsp3) is 0.345. The Hall–Kier alpha value is -3.49. The van der Waals surface area contributed by atoms with Crippen LogP contribution in [0.3, 0.4) is 0 Å². The average Bonchev–Trinajstić information content (AvgIpc) is 3.29. The van der Waals surface area contributed by atoms with Gasteiger partial charge >= 0.3 is 13.2 Å². The summed E-state index contributed by atoms with van der Waals surface area (Å²) in [4.78, 5) is 21.6. The molecule has 1 aliphatic heterocycles. The first-order chi connectivity index (χ1) is 17.6. The van der Waals surface area contributed by atoms with E-state index in [1.54, 1.807) is 12.4 Å². The molecular weight excluding hydrogens is 465 g/mol. The molecular formula is C29H32BN3O4. The smallest absolute Gasteiger partial charge is 0.449 e. The molecule has 0 unspecified atom stereocenters. The zero-order chi connectivity index (χ0) is 26.2. The first kappa shape index (κ1) is 25.2. The molecule has 1 N–H and O–H groups in total. The van der Waals surface area contributed by atoms with E-state index in [2.05, 4.69) is 39.6 Å². The van der Waals surface area contributed by atoms with Crippen LogP contribution in [0.5, 0.6) is 0 Å². The van der Waals surface area contributed by atoms with E-state index in [9.17, 15) is 4.79 Å². The molecule has 3 aromatic rings. The zero-order valence-corrected chi connectivity index (χ0v) is 21.9. The Morgan fingerprint density at radius 1 is 1.00 bits per heavy atom. The van der Waals surface area contributed by atoms with Crippen LogP contribution in [0.1, 0.15) is 56.1 Å². The van der Waals surface area contributed by atoms with E-state index < -0.39 is 24.4 Å². The van der Waals surface area contributed by atoms with Crippen LogP contribution in [-0.4, -0.2) is 47.5 Å². The van der Waals surface area contributed by atoms with Gasteiger partial charge in [0.15, 0.2) is 0 Å². The van der Waals surface area contributed by atoms with Crippen LogP contribution in [0, 0.1) is 6.92 Å². The maximum atomic E-state index is 12.8. The highest BCUT2D eigenvalue weighted by Crippen LogP contribution is 2.44. The molecule has 2 aliphatic rings. The summed E-state index contributed by atoms with van der Waals surface area (Å²) >= 11 is 0. The third-order valence-electron chi connectivity index (χ3n) is 7.44. The van der Waals surface area contributed by atoms with E-state index in [1.807, 2.05) is 65.0 Å². The number of hydrogen-bond acceptors (Lipinski definition) is 6. The number of hydrogen-bond donors (Lipinski definition) is 1. The largest absolute Gasteiger partial charge is 0.492 e. The SMILES string of the molecule is Cc1cncc(C=C(CNC(=O)OCC2c3ccccc3-c3ccccc32)B2OC(C)(C)C(C)(C)O2)n1. The van der Waals surface area contributed by atoms with Crippen LogP contribution >= 0.6 is 0 Å². The highest BCUT2D eigenvalue weighted by molar-refractivity contribution is 6.56. The molecule has 37 heavy (non-hydrogen) atoms. The molecule has 1 amide bonds. The van der Waals surface area contributed by atoms with Crippen molar-refractivity contribution in [2.45, 2.75) is 51.7 Å². The number of carbonyl (C=O) groups excluding carboxylic acids is 1. The Kier molecular flexibility index (Phi) is 6.64. The molecule has 1 fully saturated rings. The van der Waals surface area contributed by atoms with Gasteiger partial charge < -0.3 is 19.4 Å². The molecule has 1 saturated heterocycles. The van der Waals surface area contributed by atoms with Crippen LogP contribution in [0.25, 0.3) is 17.2 Å². The van der Waals surface area contributed by atoms with Crippen molar-refractivity contribution in [1.29, 1.82) is 0 Å². The number of carbonyl (C=O) groups is 1. The van der Waals surface area contributed by atoms with Crippen molar-refractivity contribution in [3.63, 3.8) is 0 Å². The third-order valence-corrected chi connectivity index (χ3v) is 7.44. The molecule has 0 bridgehead atoms. The second-order valence-electron chi connectivity index (χ2n) is 10.6. The molecule has 1 aliphatic carbocycles. The first-order valence-electron chi connectivity index (χ1n) is 12.6. The average molecular weight is 497 g/mol. The lowest BCUT2D eigenvalue weighted by Crippen LogP contribution is -2.41. The second kappa shape index (κ2) is 9.76. The van der Waals surface area contributed by atoms with Gasteiger partial charge in [0, 0.05) is 18.7 Å². The summed E-state index contributed by atoms with van der Waals surface area (Å²) in [6.07, 6.45) is 4.72. The van der Waals surface area contributed by atoms with Gasteiger partial charge in [-0.2, -0.15) is 0 Å². The van der Waals surface area contributed by atoms with Gasteiger partial charge in [-0.3, -0.25) is 9.97 Å². The maximum absolute atomic E-state index is 12.8. The molecule has 0 atom stereocenters. The summed E-state index contributed by atoms with van der Waals surface area (Å²) in [6, 6.07) is 16.5. The lowest BCUT2D eigenvalue weighted by molar-refractivity contribution is 0.00578. The maximum Gasteiger partial charge on any atom is 0.492 e. The lowest BCUT2D eigenvalue weighted by Gasteiger charge is -2.32. The van der Waals surface area contributed by atoms with Crippen molar-refractivity contribution < 1.29 is 18.8 Å². The molecule has 190 valence electrons. The van der Waals surface area contributed by atoms with Crippen LogP contribution in [0.4, 0.5) is 4.79 Å². The summed E-state index contributed by atoms with van der Waals surface area (Å²) < 4.78 is 18.2. The Morgan fingerprint density at radius 3 is 2.19 bits per heavy atom. The molecule has 0 saturated carbocycles. The highest BCUT2D eigenvalue weighted by Gasteiger charge is 2.52. The van der Waals surface area contributed by atoms with Gasteiger partial charge in [-0.05, 0) is 68.4 Å². The van der Waals surface area contributed by atoms with Gasteiger partial charge in [-0.25, -0.2) is 4.79 Å². The standard InChI is InChI=1S/C29H32BN3O4/c1-19-15-31-17-21(33-19)14-20(30-36-28(2,3)29(4,5)37-30)16-32-27(34)35-18-26-24-12-8-6-10-22(24)23-11-7-9-13-25(23)26/h6-15,17,26H,16,18H2,1-5H3,(H,32,34). The van der Waals surface area contributed by atoms with Crippen molar-refractivity contribution in [3.05, 3.63) is 88.9 Å². The van der Waals surface area contributed by atoms with E-state index >= 15 is 0 Å². The predicted molar refractivity (Wildman–Crippen MR) is 144 cm³/mol. The monoisotopic (exact) mass is 497 g/mol. The van der Waals surface area contributed by atoms with Gasteiger partial charge in [0.1, 0.15) is 6.61 Å². The highest BCUT2D eigenvalue weighted by atomic mass is 16.7. The lowest BCUT2D eigenvalue weighted by atomic mass is 9.77. The van der Waals surface area contributed by atoms with Crippen molar-refractivity contribution in [3.8, 4) is 11.1 Å². The topological polar surface area (TPSA) is 82.6 Å². The van der Waals surface area contributed by atoms with Gasteiger partial charge in [-0.1, -0.05) is 48.5 Å². The number of benzene rings is 2. The van der Waals surface area contributed by atoms with Crippen molar-refractivity contribution in [1.82, 2.24) is 15.3 Å². The zero-order valence-electron chi connectivity index (χ0n) is 21.9. The number of nitrogens with one attached hydrogen (secondary N) is 1. The minimum Gasteiger partial charge on any atom is -0.449 e. The molecule has 2 aromatic carbocycles. The van der Waals surface area contributed by atoms with Gasteiger partial charge in [0.05, 0.1) is 28.8 Å². The Morgan fingerprint density at radius 2 is 1.59 bits per heavy atom. The number of aromatic nitrogens is 2. The number of nitrogens with zero attached hydrogens (tertiary/aromatic N) is 2. The number of rotatable bonds is 6. The summed E-state index contributed by atoms with van der Waals surface area (Å²) in [7, 11) is -0.638. The normalized spacial score (nSPS) is 17.9. The fourth-order valence-corrected chi connectivity index (χ4v) is 4.76. The number of fused-ring (bicyclic) bond motifs is 3. The molecule has 8 heteroatoms. The van der Waals surface area contributed by atoms with E-state index in [0.29, 0.717) is 5.69 Å². The van der Waals surface area contributed by atoms with E-state index in [1.165, 1.54) is 22.3 Å². The second-order valence-corrected chi connectivity index (χ2v) is 10.6. The summed E-state index contributed by atoms with van der Waals surface area (Å²) in [5, 5.41) is 2.88. The Balaban J connectivity index is 1.29. The fourth-order valence-electron chi connectivity index (χ4n) is 4.76. The Bertz CT molecular complexity index is 1290. The summed E-state index contributed by atoms with van der Waals surface area (Å²) in [5.41, 5.74) is 5.89. The predicted octanol–water partition coefficient (Wildman–Crippen LogP) is 5.34. The van der Waals surface area contributed by atoms with E-state index in [-0.39, 0.29) is 19.1 Å². The van der Waals surface area contributed by atoms with Crippen LogP contribution in [-0.2, 0) is 14.0 Å². The molecule has 7 nitrogen and oxygen atoms in total. The number of ether oxygens (including phenoxy) is 1. The molecule has 0 spiro atoms. The van der Waals surface area contributed by atoms with E-state index in [0.717, 1.165) is 11.2 Å². The van der Waals surface area contributed by atoms with E-state index in [4.69, 9.17) is 14.0 Å². The number of alkyl carbamates (subject to hydrolysis) is 1. The van der Waals surface area contributed by atoms with Crippen molar-refractivity contribution in [2.24, 2.45) is 0 Å². The third kappa shape index (κ3) is 5.04. The molecule has 1 aromatic heterocycles. The van der Waals surface area contributed by atoms with Crippen LogP contribution < -0.4 is 5.32 Å². The van der Waals surface area contributed by atoms with Crippen LogP contribution in [0.2, 0.25) is 0 Å². The summed E-state index contributed by atoms with van der Waals surface area (Å²) in [6.45, 7) is 10.3. The van der Waals surface area contributed by atoms with Gasteiger partial charge in [0.2, 0.25) is 0 Å². The van der Waals surface area contributed by atoms with Gasteiger partial charge in [0.25, 0.3) is 0 Å². The van der Waals surface area contributed by atoms with Gasteiger partial charge in [-0.15, -0.1) is 0 Å². The quantitative estimate of drug-likeness (QED) is 0.463. The van der Waals surface area contributed by atoms with Crippen LogP contribution in [0.15, 0.2) is 66.4 Å². The number of aryl methyl sites for hydroxylation is 1. The minimum absolute atomic E-state index is 0.00109. The number of amides is 1. The first-order valence-corrected chi connectivity index (χ1v) is 12.6. The minimum atomic E-state index is -0.638. The molecule has 0 radical (unpaired) electrons.